The number of carboxylic acid groups (broad SMARTS) is 1. The molecule has 1 aliphatic heterocycles. The van der Waals surface area contributed by atoms with Crippen LogP contribution in [0.25, 0.3) is 0 Å². The fraction of sp³-hybridized carbons (Fsp3) is 0.296. The van der Waals surface area contributed by atoms with Crippen molar-refractivity contribution < 1.29 is 28.9 Å². The summed E-state index contributed by atoms with van der Waals surface area (Å²) in [6.45, 7) is 2.77. The van der Waals surface area contributed by atoms with E-state index in [0.717, 1.165) is 5.56 Å². The number of ether oxygens (including phenoxy) is 3. The van der Waals surface area contributed by atoms with Gasteiger partial charge in [0.1, 0.15) is 17.2 Å². The Hall–Kier alpha value is -3.58. The number of halogens is 1. The molecule has 1 aliphatic rings. The van der Waals surface area contributed by atoms with Crippen molar-refractivity contribution in [3.63, 3.8) is 0 Å². The van der Waals surface area contributed by atoms with Gasteiger partial charge < -0.3 is 19.3 Å². The van der Waals surface area contributed by atoms with Gasteiger partial charge in [0.15, 0.2) is 5.78 Å². The minimum Gasteiger partial charge on any atom is -0.493 e. The van der Waals surface area contributed by atoms with Crippen LogP contribution >= 0.6 is 11.6 Å². The van der Waals surface area contributed by atoms with Crippen molar-refractivity contribution in [1.29, 1.82) is 0 Å². The molecule has 1 aromatic heterocycles. The van der Waals surface area contributed by atoms with E-state index >= 15 is 0 Å². The zero-order valence-electron chi connectivity index (χ0n) is 19.3. The summed E-state index contributed by atoms with van der Waals surface area (Å²) in [4.78, 5) is 28.4. The minimum absolute atomic E-state index is 0.0401. The normalized spacial score (nSPS) is 14.5. The van der Waals surface area contributed by atoms with E-state index in [1.807, 2.05) is 19.1 Å². The van der Waals surface area contributed by atoms with E-state index in [1.54, 1.807) is 42.6 Å². The maximum Gasteiger partial charge on any atom is 0.311 e. The molecule has 35 heavy (non-hydrogen) atoms. The summed E-state index contributed by atoms with van der Waals surface area (Å²) in [6, 6.07) is 13.9. The van der Waals surface area contributed by atoms with Crippen molar-refractivity contribution in [1.82, 2.24) is 4.98 Å². The number of nitrogens with zero attached hydrogens (tertiary/aromatic N) is 1. The van der Waals surface area contributed by atoms with Gasteiger partial charge in [-0.15, -0.1) is 0 Å². The van der Waals surface area contributed by atoms with Crippen LogP contribution in [0.15, 0.2) is 54.7 Å². The van der Waals surface area contributed by atoms with Gasteiger partial charge in [-0.3, -0.25) is 9.59 Å². The summed E-state index contributed by atoms with van der Waals surface area (Å²) in [5.74, 6) is 0.417. The van der Waals surface area contributed by atoms with Crippen LogP contribution in [-0.4, -0.2) is 35.1 Å². The Bertz CT molecular complexity index is 1210. The van der Waals surface area contributed by atoms with Crippen molar-refractivity contribution in [3.05, 3.63) is 76.4 Å². The van der Waals surface area contributed by atoms with E-state index in [0.29, 0.717) is 78.2 Å². The molecule has 8 heteroatoms. The highest BCUT2D eigenvalue weighted by atomic mass is 35.5. The molecule has 2 aromatic carbocycles. The van der Waals surface area contributed by atoms with Crippen molar-refractivity contribution in [2.45, 2.75) is 38.5 Å². The van der Waals surface area contributed by atoms with Crippen LogP contribution in [0.3, 0.4) is 0 Å². The van der Waals surface area contributed by atoms with Gasteiger partial charge >= 0.3 is 5.97 Å². The molecule has 0 radical (unpaired) electrons. The lowest BCUT2D eigenvalue weighted by Crippen LogP contribution is -2.20. The molecule has 1 N–H and O–H groups in total. The summed E-state index contributed by atoms with van der Waals surface area (Å²) < 4.78 is 17.1. The average molecular weight is 496 g/mol. The Morgan fingerprint density at radius 2 is 2.00 bits per heavy atom. The third-order valence-electron chi connectivity index (χ3n) is 5.79. The molecule has 0 fully saturated rings. The van der Waals surface area contributed by atoms with Gasteiger partial charge in [-0.2, -0.15) is 0 Å². The first-order valence-corrected chi connectivity index (χ1v) is 11.9. The molecule has 0 amide bonds. The monoisotopic (exact) mass is 495 g/mol. The molecule has 3 aromatic rings. The number of pyridine rings is 1. The van der Waals surface area contributed by atoms with E-state index in [2.05, 4.69) is 4.98 Å². The predicted molar refractivity (Wildman–Crippen MR) is 131 cm³/mol. The van der Waals surface area contributed by atoms with Gasteiger partial charge in [-0.05, 0) is 62.6 Å². The first kappa shape index (κ1) is 24.5. The number of carbonyl (C=O) groups excluding carboxylic acids is 1. The second kappa shape index (κ2) is 11.2. The van der Waals surface area contributed by atoms with Crippen LogP contribution in [-0.2, 0) is 11.2 Å². The molecular weight excluding hydrogens is 470 g/mol. The number of hydrogen-bond donors (Lipinski definition) is 1. The lowest BCUT2D eigenvalue weighted by molar-refractivity contribution is -0.139. The lowest BCUT2D eigenvalue weighted by atomic mass is 9.93. The number of aromatic nitrogens is 1. The number of aryl methyl sites for hydroxylation is 1. The van der Waals surface area contributed by atoms with Crippen LogP contribution < -0.4 is 14.2 Å². The zero-order valence-corrected chi connectivity index (χ0v) is 20.1. The van der Waals surface area contributed by atoms with Crippen molar-refractivity contribution in [3.8, 4) is 23.1 Å². The van der Waals surface area contributed by atoms with E-state index in [1.165, 1.54) is 0 Å². The standard InChI is InChI=1S/C27H26ClNO6/c1-2-33-26-18(6-4-13-29-26)5-3-7-23(30)17-8-10-19(11-9-17)35-25-16-24-21(15-22(25)28)20(27(31)32)12-14-34-24/h4,6,8-11,13,15-16,20H,2-3,5,7,12,14H2,1H3,(H,31,32). The number of fused-ring (bicyclic) bond motifs is 1. The summed E-state index contributed by atoms with van der Waals surface area (Å²) in [6.07, 6.45) is 3.88. The third-order valence-corrected chi connectivity index (χ3v) is 6.08. The van der Waals surface area contributed by atoms with Crippen LogP contribution in [0.4, 0.5) is 0 Å². The van der Waals surface area contributed by atoms with Gasteiger partial charge in [-0.25, -0.2) is 4.98 Å². The number of rotatable bonds is 10. The maximum absolute atomic E-state index is 12.6. The number of benzene rings is 2. The molecule has 0 bridgehead atoms. The van der Waals surface area contributed by atoms with Gasteiger partial charge in [0, 0.05) is 35.4 Å². The maximum atomic E-state index is 12.6. The van der Waals surface area contributed by atoms with Crippen LogP contribution in [0.5, 0.6) is 23.1 Å². The summed E-state index contributed by atoms with van der Waals surface area (Å²) in [5.41, 5.74) is 2.13. The van der Waals surface area contributed by atoms with E-state index in [9.17, 15) is 14.7 Å². The zero-order chi connectivity index (χ0) is 24.8. The van der Waals surface area contributed by atoms with Gasteiger partial charge in [-0.1, -0.05) is 17.7 Å². The molecule has 1 unspecified atom stereocenters. The Morgan fingerprint density at radius 1 is 1.20 bits per heavy atom. The molecule has 7 nitrogen and oxygen atoms in total. The van der Waals surface area contributed by atoms with Crippen LogP contribution in [0, 0.1) is 0 Å². The largest absolute Gasteiger partial charge is 0.493 e. The highest BCUT2D eigenvalue weighted by Gasteiger charge is 2.29. The van der Waals surface area contributed by atoms with Gasteiger partial charge in [0.25, 0.3) is 0 Å². The Labute approximate surface area is 208 Å². The Kier molecular flexibility index (Phi) is 7.87. The fourth-order valence-corrected chi connectivity index (χ4v) is 4.24. The van der Waals surface area contributed by atoms with Crippen molar-refractivity contribution in [2.24, 2.45) is 0 Å². The van der Waals surface area contributed by atoms with Gasteiger partial charge in [0.2, 0.25) is 5.88 Å². The molecule has 2 heterocycles. The number of carbonyl (C=O) groups is 2. The number of ketones is 1. The molecule has 182 valence electrons. The smallest absolute Gasteiger partial charge is 0.311 e. The first-order valence-electron chi connectivity index (χ1n) is 11.5. The van der Waals surface area contributed by atoms with Crippen LogP contribution in [0.1, 0.15) is 53.6 Å². The number of carboxylic acids is 1. The molecular formula is C27H26ClNO6. The topological polar surface area (TPSA) is 95.0 Å². The van der Waals surface area contributed by atoms with E-state index < -0.39 is 11.9 Å². The van der Waals surface area contributed by atoms with E-state index in [4.69, 9.17) is 25.8 Å². The Balaban J connectivity index is 1.37. The van der Waals surface area contributed by atoms with Crippen molar-refractivity contribution in [2.75, 3.05) is 13.2 Å². The van der Waals surface area contributed by atoms with Crippen LogP contribution in [0.2, 0.25) is 5.02 Å². The second-order valence-electron chi connectivity index (χ2n) is 8.15. The van der Waals surface area contributed by atoms with E-state index in [-0.39, 0.29) is 5.78 Å². The summed E-state index contributed by atoms with van der Waals surface area (Å²) >= 11 is 6.36. The molecule has 0 spiro atoms. The predicted octanol–water partition coefficient (Wildman–Crippen LogP) is 6.08. The third kappa shape index (κ3) is 5.92. The summed E-state index contributed by atoms with van der Waals surface area (Å²) in [5, 5.41) is 9.73. The highest BCUT2D eigenvalue weighted by Crippen LogP contribution is 2.41. The molecule has 4 rings (SSSR count). The lowest BCUT2D eigenvalue weighted by Gasteiger charge is -2.24. The highest BCUT2D eigenvalue weighted by molar-refractivity contribution is 6.32. The first-order chi connectivity index (χ1) is 17.0. The number of Topliss-reactive ketones (excluding diaryl/α,β-unsaturated/α-hetero) is 1. The number of hydrogen-bond acceptors (Lipinski definition) is 6. The second-order valence-corrected chi connectivity index (χ2v) is 8.56. The summed E-state index contributed by atoms with van der Waals surface area (Å²) in [7, 11) is 0. The minimum atomic E-state index is -0.908. The SMILES string of the molecule is CCOc1ncccc1CCCC(=O)c1ccc(Oc2cc3c(cc2Cl)C(C(=O)O)CCO3)cc1. The van der Waals surface area contributed by atoms with Gasteiger partial charge in [0.05, 0.1) is 24.2 Å². The quantitative estimate of drug-likeness (QED) is 0.340. The molecule has 0 saturated carbocycles. The number of aliphatic carboxylic acids is 1. The Morgan fingerprint density at radius 3 is 2.74 bits per heavy atom. The van der Waals surface area contributed by atoms with Crippen molar-refractivity contribution >= 4 is 23.4 Å². The molecule has 0 saturated heterocycles. The average Bonchev–Trinajstić information content (AvgIpc) is 2.85. The molecule has 0 aliphatic carbocycles. The molecule has 1 atom stereocenters. The fourth-order valence-electron chi connectivity index (χ4n) is 4.03.